The minimum absolute atomic E-state index is 0.0482. The largest absolute Gasteiger partial charge is 0.363 e. The lowest BCUT2D eigenvalue weighted by Gasteiger charge is -2.36. The smallest absolute Gasteiger partial charge is 0.271 e. The highest BCUT2D eigenvalue weighted by atomic mass is 16.1. The van der Waals surface area contributed by atoms with Crippen LogP contribution in [0.1, 0.15) is 18.4 Å². The zero-order valence-electron chi connectivity index (χ0n) is 15.3. The summed E-state index contributed by atoms with van der Waals surface area (Å²) in [7, 11) is 2.19. The molecule has 0 radical (unpaired) electrons. The van der Waals surface area contributed by atoms with E-state index in [0.29, 0.717) is 6.04 Å². The average Bonchev–Trinajstić information content (AvgIpc) is 3.05. The van der Waals surface area contributed by atoms with Crippen LogP contribution < -0.4 is 10.5 Å². The van der Waals surface area contributed by atoms with E-state index in [-0.39, 0.29) is 5.56 Å². The molecule has 134 valence electrons. The molecule has 2 aliphatic heterocycles. The van der Waals surface area contributed by atoms with E-state index in [0.717, 1.165) is 61.4 Å². The van der Waals surface area contributed by atoms with Gasteiger partial charge in [0.1, 0.15) is 5.69 Å². The number of pyridine rings is 1. The zero-order chi connectivity index (χ0) is 17.4. The number of H-pyrrole nitrogens is 1. The minimum Gasteiger partial charge on any atom is -0.363 e. The van der Waals surface area contributed by atoms with Crippen molar-refractivity contribution in [2.75, 3.05) is 51.2 Å². The number of aromatic nitrogens is 1. The second-order valence-corrected chi connectivity index (χ2v) is 7.62. The van der Waals surface area contributed by atoms with Gasteiger partial charge in [0.25, 0.3) is 5.56 Å². The number of nitrogens with one attached hydrogen (secondary N) is 1. The normalized spacial score (nSPS) is 22.8. The molecule has 5 nitrogen and oxygen atoms in total. The summed E-state index contributed by atoms with van der Waals surface area (Å²) in [5.41, 5.74) is 2.98. The van der Waals surface area contributed by atoms with Gasteiger partial charge in [0.05, 0.1) is 5.52 Å². The van der Waals surface area contributed by atoms with Crippen molar-refractivity contribution in [3.8, 4) is 0 Å². The lowest BCUT2D eigenvalue weighted by molar-refractivity contribution is 0.147. The Morgan fingerprint density at radius 3 is 2.76 bits per heavy atom. The molecule has 4 rings (SSSR count). The number of hydrogen-bond acceptors (Lipinski definition) is 4. The van der Waals surface area contributed by atoms with E-state index in [1.165, 1.54) is 12.8 Å². The molecule has 2 aromatic rings. The topological polar surface area (TPSA) is 42.6 Å². The number of benzene rings is 1. The summed E-state index contributed by atoms with van der Waals surface area (Å²) in [6.07, 6.45) is 2.35. The van der Waals surface area contributed by atoms with Crippen LogP contribution in [0.25, 0.3) is 10.9 Å². The molecule has 1 unspecified atom stereocenters. The van der Waals surface area contributed by atoms with E-state index in [2.05, 4.69) is 44.9 Å². The minimum atomic E-state index is 0.0482. The standard InChI is InChI=1S/C20H28N4O/c1-15-5-3-6-16-13-18(20(25)21-19(15)16)24-8-4-7-17(24)14-23-11-9-22(2)10-12-23/h3,5-6,13,17H,4,7-12,14H2,1-2H3,(H,21,25). The molecule has 0 aliphatic carbocycles. The number of aromatic amines is 1. The molecule has 1 aromatic heterocycles. The van der Waals surface area contributed by atoms with Gasteiger partial charge in [-0.2, -0.15) is 0 Å². The number of likely N-dealkylation sites (N-methyl/N-ethyl adjacent to an activating group) is 1. The van der Waals surface area contributed by atoms with Crippen molar-refractivity contribution in [3.05, 3.63) is 40.2 Å². The summed E-state index contributed by atoms with van der Waals surface area (Å²) in [5.74, 6) is 0. The number of piperazine rings is 1. The van der Waals surface area contributed by atoms with Crippen molar-refractivity contribution >= 4 is 16.6 Å². The van der Waals surface area contributed by atoms with Crippen LogP contribution in [0.4, 0.5) is 5.69 Å². The molecule has 1 atom stereocenters. The van der Waals surface area contributed by atoms with Gasteiger partial charge in [0.15, 0.2) is 0 Å². The van der Waals surface area contributed by atoms with Crippen LogP contribution in [0, 0.1) is 6.92 Å². The SMILES string of the molecule is Cc1cccc2cc(N3CCCC3CN3CCN(C)CC3)c(=O)[nH]c12. The Hall–Kier alpha value is -1.85. The molecule has 1 N–H and O–H groups in total. The first-order chi connectivity index (χ1) is 12.1. The molecular formula is C20H28N4O. The van der Waals surface area contributed by atoms with Gasteiger partial charge in [0.2, 0.25) is 0 Å². The number of fused-ring (bicyclic) bond motifs is 1. The van der Waals surface area contributed by atoms with E-state index >= 15 is 0 Å². The molecule has 2 fully saturated rings. The predicted octanol–water partition coefficient (Wildman–Crippen LogP) is 2.05. The summed E-state index contributed by atoms with van der Waals surface area (Å²) in [6, 6.07) is 8.73. The van der Waals surface area contributed by atoms with Gasteiger partial charge in [-0.25, -0.2) is 0 Å². The summed E-state index contributed by atoms with van der Waals surface area (Å²) >= 11 is 0. The second-order valence-electron chi connectivity index (χ2n) is 7.62. The van der Waals surface area contributed by atoms with Crippen molar-refractivity contribution in [2.45, 2.75) is 25.8 Å². The third kappa shape index (κ3) is 3.31. The van der Waals surface area contributed by atoms with Gasteiger partial charge in [-0.3, -0.25) is 9.69 Å². The van der Waals surface area contributed by atoms with Crippen LogP contribution in [0.15, 0.2) is 29.1 Å². The van der Waals surface area contributed by atoms with Crippen molar-refractivity contribution < 1.29 is 0 Å². The fraction of sp³-hybridized carbons (Fsp3) is 0.550. The first-order valence-electron chi connectivity index (χ1n) is 9.42. The Morgan fingerprint density at radius 2 is 1.96 bits per heavy atom. The summed E-state index contributed by atoms with van der Waals surface area (Å²) in [4.78, 5) is 23.1. The van der Waals surface area contributed by atoms with Crippen molar-refractivity contribution in [1.82, 2.24) is 14.8 Å². The molecule has 25 heavy (non-hydrogen) atoms. The predicted molar refractivity (Wildman–Crippen MR) is 104 cm³/mol. The summed E-state index contributed by atoms with van der Waals surface area (Å²) < 4.78 is 0. The monoisotopic (exact) mass is 340 g/mol. The van der Waals surface area contributed by atoms with Crippen molar-refractivity contribution in [2.24, 2.45) is 0 Å². The van der Waals surface area contributed by atoms with Gasteiger partial charge in [-0.05, 0) is 38.4 Å². The highest BCUT2D eigenvalue weighted by Gasteiger charge is 2.29. The molecular weight excluding hydrogens is 312 g/mol. The fourth-order valence-corrected chi connectivity index (χ4v) is 4.26. The van der Waals surface area contributed by atoms with Crippen LogP contribution in [-0.2, 0) is 0 Å². The molecule has 0 amide bonds. The lowest BCUT2D eigenvalue weighted by Crippen LogP contribution is -2.49. The van der Waals surface area contributed by atoms with Crippen LogP contribution in [0.3, 0.4) is 0 Å². The number of aryl methyl sites for hydroxylation is 1. The third-order valence-corrected chi connectivity index (χ3v) is 5.82. The summed E-state index contributed by atoms with van der Waals surface area (Å²) in [5, 5.41) is 1.12. The van der Waals surface area contributed by atoms with E-state index in [9.17, 15) is 4.79 Å². The first-order valence-corrected chi connectivity index (χ1v) is 9.42. The fourth-order valence-electron chi connectivity index (χ4n) is 4.26. The van der Waals surface area contributed by atoms with Crippen LogP contribution in [0.5, 0.6) is 0 Å². The number of rotatable bonds is 3. The van der Waals surface area contributed by atoms with Crippen LogP contribution >= 0.6 is 0 Å². The number of hydrogen-bond donors (Lipinski definition) is 1. The third-order valence-electron chi connectivity index (χ3n) is 5.82. The van der Waals surface area contributed by atoms with Gasteiger partial charge < -0.3 is 14.8 Å². The highest BCUT2D eigenvalue weighted by molar-refractivity contribution is 5.84. The van der Waals surface area contributed by atoms with Gasteiger partial charge in [-0.15, -0.1) is 0 Å². The number of nitrogens with zero attached hydrogens (tertiary/aromatic N) is 3. The average molecular weight is 340 g/mol. The van der Waals surface area contributed by atoms with Crippen molar-refractivity contribution in [1.29, 1.82) is 0 Å². The maximum Gasteiger partial charge on any atom is 0.271 e. The number of para-hydroxylation sites is 1. The molecule has 0 spiro atoms. The van der Waals surface area contributed by atoms with Crippen LogP contribution in [0.2, 0.25) is 0 Å². The molecule has 0 bridgehead atoms. The molecule has 3 heterocycles. The summed E-state index contributed by atoms with van der Waals surface area (Å²) in [6.45, 7) is 8.65. The van der Waals surface area contributed by atoms with Crippen LogP contribution in [-0.4, -0.2) is 67.1 Å². The second kappa shape index (κ2) is 6.81. The molecule has 1 aromatic carbocycles. The molecule has 2 saturated heterocycles. The van der Waals surface area contributed by atoms with Gasteiger partial charge >= 0.3 is 0 Å². The quantitative estimate of drug-likeness (QED) is 0.929. The Bertz CT molecular complexity index is 807. The van der Waals surface area contributed by atoms with E-state index in [1.807, 2.05) is 13.0 Å². The van der Waals surface area contributed by atoms with E-state index < -0.39 is 0 Å². The molecule has 2 aliphatic rings. The van der Waals surface area contributed by atoms with Crippen molar-refractivity contribution in [3.63, 3.8) is 0 Å². The maximum atomic E-state index is 12.7. The van der Waals surface area contributed by atoms with E-state index in [1.54, 1.807) is 0 Å². The van der Waals surface area contributed by atoms with E-state index in [4.69, 9.17) is 0 Å². The number of anilines is 1. The maximum absolute atomic E-state index is 12.7. The van der Waals surface area contributed by atoms with Gasteiger partial charge in [0, 0.05) is 50.7 Å². The molecule has 0 saturated carbocycles. The highest BCUT2D eigenvalue weighted by Crippen LogP contribution is 2.26. The molecule has 5 heteroatoms. The Kier molecular flexibility index (Phi) is 4.52. The first kappa shape index (κ1) is 16.6. The zero-order valence-corrected chi connectivity index (χ0v) is 15.3. The lowest BCUT2D eigenvalue weighted by atomic mass is 10.1. The Labute approximate surface area is 149 Å². The van der Waals surface area contributed by atoms with Gasteiger partial charge in [-0.1, -0.05) is 18.2 Å². The Morgan fingerprint density at radius 1 is 1.16 bits per heavy atom. The Balaban J connectivity index is 1.58.